The molecule has 1 fully saturated rings. The van der Waals surface area contributed by atoms with Gasteiger partial charge in [0.25, 0.3) is 0 Å². The summed E-state index contributed by atoms with van der Waals surface area (Å²) in [4.78, 5) is 14.2. The highest BCUT2D eigenvalue weighted by Gasteiger charge is 2.34. The van der Waals surface area contributed by atoms with Crippen molar-refractivity contribution in [1.29, 1.82) is 0 Å². The van der Waals surface area contributed by atoms with E-state index in [1.54, 1.807) is 28.8 Å². The lowest BCUT2D eigenvalue weighted by Crippen LogP contribution is -2.27. The smallest absolute Gasteiger partial charge is 0.238 e. The first-order valence-corrected chi connectivity index (χ1v) is 9.57. The van der Waals surface area contributed by atoms with Gasteiger partial charge < -0.3 is 0 Å². The van der Waals surface area contributed by atoms with Gasteiger partial charge in [0.15, 0.2) is 0 Å². The molecule has 0 radical (unpaired) electrons. The van der Waals surface area contributed by atoms with Gasteiger partial charge in [-0.15, -0.1) is 11.8 Å². The van der Waals surface area contributed by atoms with Crippen molar-refractivity contribution in [3.05, 3.63) is 63.6 Å². The highest BCUT2D eigenvalue weighted by Crippen LogP contribution is 2.43. The van der Waals surface area contributed by atoms with Crippen LogP contribution in [0.4, 0.5) is 5.69 Å². The lowest BCUT2D eigenvalue weighted by atomic mass is 9.86. The second-order valence-electron chi connectivity index (χ2n) is 6.90. The van der Waals surface area contributed by atoms with Crippen LogP contribution in [0.25, 0.3) is 0 Å². The molecule has 1 heterocycles. The summed E-state index contributed by atoms with van der Waals surface area (Å²) in [5.41, 5.74) is 3.29. The maximum atomic E-state index is 12.4. The largest absolute Gasteiger partial charge is 0.295 e. The Balaban J connectivity index is 1.94. The molecule has 1 unspecified atom stereocenters. The number of rotatable bonds is 2. The van der Waals surface area contributed by atoms with Crippen LogP contribution in [0.2, 0.25) is 10.0 Å². The number of carbonyl (C=O) groups excluding carboxylic acids is 1. The van der Waals surface area contributed by atoms with Gasteiger partial charge in [-0.1, -0.05) is 68.2 Å². The second kappa shape index (κ2) is 6.62. The summed E-state index contributed by atoms with van der Waals surface area (Å²) in [6.07, 6.45) is 0. The SMILES string of the molecule is CC(C)(C)c1ccc(C2SCC(=O)N2c2ccc(Cl)c(Cl)c2)cc1. The van der Waals surface area contributed by atoms with Crippen LogP contribution >= 0.6 is 35.0 Å². The normalized spacial score (nSPS) is 18.3. The minimum absolute atomic E-state index is 0.0382. The highest BCUT2D eigenvalue weighted by atomic mass is 35.5. The molecule has 1 saturated heterocycles. The number of anilines is 1. The fourth-order valence-corrected chi connectivity index (χ4v) is 4.20. The van der Waals surface area contributed by atoms with Crippen LogP contribution in [0.1, 0.15) is 37.3 Å². The van der Waals surface area contributed by atoms with E-state index in [0.717, 1.165) is 11.3 Å². The monoisotopic (exact) mass is 379 g/mol. The molecule has 0 saturated carbocycles. The number of halogens is 2. The number of thioether (sulfide) groups is 1. The Labute approximate surface area is 157 Å². The summed E-state index contributed by atoms with van der Waals surface area (Å²) in [5, 5.41) is 0.912. The van der Waals surface area contributed by atoms with E-state index >= 15 is 0 Å². The second-order valence-corrected chi connectivity index (χ2v) is 8.78. The third-order valence-electron chi connectivity index (χ3n) is 4.11. The van der Waals surface area contributed by atoms with E-state index in [9.17, 15) is 4.79 Å². The van der Waals surface area contributed by atoms with Crippen molar-refractivity contribution in [2.45, 2.75) is 31.6 Å². The van der Waals surface area contributed by atoms with Crippen molar-refractivity contribution in [3.8, 4) is 0 Å². The van der Waals surface area contributed by atoms with Crippen LogP contribution in [0, 0.1) is 0 Å². The van der Waals surface area contributed by atoms with Crippen LogP contribution in [0.15, 0.2) is 42.5 Å². The van der Waals surface area contributed by atoms with Gasteiger partial charge in [0.05, 0.1) is 15.8 Å². The van der Waals surface area contributed by atoms with Crippen molar-refractivity contribution in [3.63, 3.8) is 0 Å². The molecular weight excluding hydrogens is 361 g/mol. The van der Waals surface area contributed by atoms with E-state index in [0.29, 0.717) is 15.8 Å². The fraction of sp³-hybridized carbons (Fsp3) is 0.316. The Kier molecular flexibility index (Phi) is 4.87. The van der Waals surface area contributed by atoms with E-state index in [1.165, 1.54) is 5.56 Å². The maximum absolute atomic E-state index is 12.4. The molecule has 24 heavy (non-hydrogen) atoms. The summed E-state index contributed by atoms with van der Waals surface area (Å²) >= 11 is 13.8. The van der Waals surface area contributed by atoms with Gasteiger partial charge in [-0.3, -0.25) is 9.69 Å². The molecular formula is C19H19Cl2NOS. The molecule has 2 aromatic rings. The molecule has 0 spiro atoms. The molecule has 1 amide bonds. The summed E-state index contributed by atoms with van der Waals surface area (Å²) < 4.78 is 0. The van der Waals surface area contributed by atoms with E-state index in [2.05, 4.69) is 45.0 Å². The van der Waals surface area contributed by atoms with Crippen molar-refractivity contribution in [2.75, 3.05) is 10.7 Å². The Hall–Kier alpha value is -1.16. The summed E-state index contributed by atoms with van der Waals surface area (Å²) in [7, 11) is 0. The Morgan fingerprint density at radius 1 is 1.04 bits per heavy atom. The van der Waals surface area contributed by atoms with Crippen LogP contribution < -0.4 is 4.90 Å². The standard InChI is InChI=1S/C19H19Cl2NOS/c1-19(2,3)13-6-4-12(5-7-13)18-22(17(23)11-24-18)14-8-9-15(20)16(21)10-14/h4-10,18H,11H2,1-3H3. The van der Waals surface area contributed by atoms with Gasteiger partial charge in [-0.05, 0) is 34.7 Å². The minimum Gasteiger partial charge on any atom is -0.295 e. The van der Waals surface area contributed by atoms with Gasteiger partial charge >= 0.3 is 0 Å². The summed E-state index contributed by atoms with van der Waals surface area (Å²) in [6.45, 7) is 6.58. The fourth-order valence-electron chi connectivity index (χ4n) is 2.73. The van der Waals surface area contributed by atoms with Crippen LogP contribution in [-0.4, -0.2) is 11.7 Å². The molecule has 0 aromatic heterocycles. The summed E-state index contributed by atoms with van der Waals surface area (Å²) in [6, 6.07) is 13.8. The third kappa shape index (κ3) is 3.44. The number of amides is 1. The lowest BCUT2D eigenvalue weighted by molar-refractivity contribution is -0.115. The molecule has 126 valence electrons. The zero-order valence-electron chi connectivity index (χ0n) is 13.8. The molecule has 1 aliphatic rings. The first-order chi connectivity index (χ1) is 11.3. The Morgan fingerprint density at radius 3 is 2.29 bits per heavy atom. The molecule has 3 rings (SSSR count). The molecule has 5 heteroatoms. The van der Waals surface area contributed by atoms with Crippen LogP contribution in [-0.2, 0) is 10.2 Å². The van der Waals surface area contributed by atoms with E-state index in [4.69, 9.17) is 23.2 Å². The number of benzene rings is 2. The van der Waals surface area contributed by atoms with Crippen molar-refractivity contribution in [2.24, 2.45) is 0 Å². The third-order valence-corrected chi connectivity index (χ3v) is 6.06. The quantitative estimate of drug-likeness (QED) is 0.630. The molecule has 0 bridgehead atoms. The van der Waals surface area contributed by atoms with Crippen molar-refractivity contribution in [1.82, 2.24) is 0 Å². The van der Waals surface area contributed by atoms with Gasteiger partial charge in [-0.2, -0.15) is 0 Å². The highest BCUT2D eigenvalue weighted by molar-refractivity contribution is 8.00. The molecule has 1 atom stereocenters. The molecule has 0 aliphatic carbocycles. The number of hydrogen-bond donors (Lipinski definition) is 0. The average Bonchev–Trinajstić information content (AvgIpc) is 2.91. The molecule has 2 nitrogen and oxygen atoms in total. The predicted octanol–water partition coefficient (Wildman–Crippen LogP) is 6.07. The Morgan fingerprint density at radius 2 is 1.71 bits per heavy atom. The van der Waals surface area contributed by atoms with E-state index in [-0.39, 0.29) is 16.7 Å². The Bertz CT molecular complexity index is 768. The van der Waals surface area contributed by atoms with Gasteiger partial charge in [-0.25, -0.2) is 0 Å². The topological polar surface area (TPSA) is 20.3 Å². The lowest BCUT2D eigenvalue weighted by Gasteiger charge is -2.26. The van der Waals surface area contributed by atoms with Crippen LogP contribution in [0.3, 0.4) is 0 Å². The first kappa shape index (κ1) is 17.7. The zero-order valence-corrected chi connectivity index (χ0v) is 16.2. The van der Waals surface area contributed by atoms with E-state index in [1.807, 2.05) is 6.07 Å². The number of carbonyl (C=O) groups is 1. The van der Waals surface area contributed by atoms with Crippen molar-refractivity contribution < 1.29 is 4.79 Å². The van der Waals surface area contributed by atoms with Crippen molar-refractivity contribution >= 4 is 46.6 Å². The van der Waals surface area contributed by atoms with Gasteiger partial charge in [0.2, 0.25) is 5.91 Å². The summed E-state index contributed by atoms with van der Waals surface area (Å²) in [5.74, 6) is 0.551. The maximum Gasteiger partial charge on any atom is 0.238 e. The predicted molar refractivity (Wildman–Crippen MR) is 104 cm³/mol. The minimum atomic E-state index is -0.0382. The average molecular weight is 380 g/mol. The van der Waals surface area contributed by atoms with Crippen LogP contribution in [0.5, 0.6) is 0 Å². The zero-order chi connectivity index (χ0) is 17.5. The van der Waals surface area contributed by atoms with Gasteiger partial charge in [0.1, 0.15) is 5.37 Å². The molecule has 0 N–H and O–H groups in total. The van der Waals surface area contributed by atoms with Gasteiger partial charge in [0, 0.05) is 5.69 Å². The number of hydrogen-bond acceptors (Lipinski definition) is 2. The van der Waals surface area contributed by atoms with E-state index < -0.39 is 0 Å². The number of nitrogens with zero attached hydrogens (tertiary/aromatic N) is 1. The molecule has 2 aromatic carbocycles. The first-order valence-electron chi connectivity index (χ1n) is 7.76. The molecule has 1 aliphatic heterocycles.